The standard InChI is InChI=1S/C13H17BrN2O3/c1-3-7(2)11(15)12(17)16-8-4-5-10(14)9(6-8)13(18)19/h4-7,11H,3,15H2,1-2H3,(H,16,17)(H,18,19)/t7-,11-/m0/s1. The third-order valence-electron chi connectivity index (χ3n) is 3.02. The quantitative estimate of drug-likeness (QED) is 0.774. The van der Waals surface area contributed by atoms with Crippen LogP contribution >= 0.6 is 15.9 Å². The van der Waals surface area contributed by atoms with Crippen LogP contribution < -0.4 is 11.1 Å². The van der Waals surface area contributed by atoms with Crippen molar-refractivity contribution >= 4 is 33.5 Å². The smallest absolute Gasteiger partial charge is 0.336 e. The van der Waals surface area contributed by atoms with E-state index in [1.165, 1.54) is 6.07 Å². The van der Waals surface area contributed by atoms with Crippen molar-refractivity contribution in [2.45, 2.75) is 26.3 Å². The third kappa shape index (κ3) is 4.04. The van der Waals surface area contributed by atoms with Crippen molar-refractivity contribution in [1.82, 2.24) is 0 Å². The third-order valence-corrected chi connectivity index (χ3v) is 3.72. The molecule has 0 bridgehead atoms. The lowest BCUT2D eigenvalue weighted by atomic mass is 9.99. The van der Waals surface area contributed by atoms with E-state index in [4.69, 9.17) is 10.8 Å². The average molecular weight is 329 g/mol. The first kappa shape index (κ1) is 15.7. The van der Waals surface area contributed by atoms with E-state index in [9.17, 15) is 9.59 Å². The second kappa shape index (κ2) is 6.68. The number of amides is 1. The first-order valence-electron chi connectivity index (χ1n) is 5.96. The molecule has 104 valence electrons. The second-order valence-electron chi connectivity index (χ2n) is 4.40. The zero-order valence-electron chi connectivity index (χ0n) is 10.8. The molecule has 0 aromatic heterocycles. The number of anilines is 1. The molecule has 0 saturated heterocycles. The van der Waals surface area contributed by atoms with E-state index in [1.54, 1.807) is 12.1 Å². The molecule has 2 atom stereocenters. The van der Waals surface area contributed by atoms with Gasteiger partial charge in [-0.05, 0) is 40.0 Å². The molecule has 0 unspecified atom stereocenters. The van der Waals surface area contributed by atoms with E-state index >= 15 is 0 Å². The molecule has 1 rings (SSSR count). The fourth-order valence-corrected chi connectivity index (χ4v) is 1.92. The average Bonchev–Trinajstić information content (AvgIpc) is 2.38. The first-order valence-corrected chi connectivity index (χ1v) is 6.75. The van der Waals surface area contributed by atoms with Crippen molar-refractivity contribution in [3.05, 3.63) is 28.2 Å². The number of carbonyl (C=O) groups excluding carboxylic acids is 1. The molecule has 0 aliphatic carbocycles. The molecule has 1 aromatic rings. The molecule has 1 amide bonds. The van der Waals surface area contributed by atoms with Gasteiger partial charge in [-0.15, -0.1) is 0 Å². The predicted octanol–water partition coefficient (Wildman–Crippen LogP) is 2.46. The van der Waals surface area contributed by atoms with E-state index in [0.717, 1.165) is 6.42 Å². The lowest BCUT2D eigenvalue weighted by Crippen LogP contribution is -2.40. The molecular weight excluding hydrogens is 312 g/mol. The maximum absolute atomic E-state index is 11.9. The van der Waals surface area contributed by atoms with E-state index < -0.39 is 12.0 Å². The fourth-order valence-electron chi connectivity index (χ4n) is 1.50. The van der Waals surface area contributed by atoms with Crippen molar-refractivity contribution in [1.29, 1.82) is 0 Å². The predicted molar refractivity (Wildman–Crippen MR) is 77.2 cm³/mol. The number of carboxylic acids is 1. The Morgan fingerprint density at radius 3 is 2.63 bits per heavy atom. The van der Waals surface area contributed by atoms with Gasteiger partial charge in [-0.2, -0.15) is 0 Å². The summed E-state index contributed by atoms with van der Waals surface area (Å²) in [4.78, 5) is 22.9. The van der Waals surface area contributed by atoms with Crippen molar-refractivity contribution in [2.24, 2.45) is 11.7 Å². The minimum atomic E-state index is -1.06. The highest BCUT2D eigenvalue weighted by Gasteiger charge is 2.20. The zero-order valence-corrected chi connectivity index (χ0v) is 12.4. The Bertz CT molecular complexity index is 491. The summed E-state index contributed by atoms with van der Waals surface area (Å²) in [6, 6.07) is 3.99. The Labute approximate surface area is 120 Å². The van der Waals surface area contributed by atoms with E-state index in [0.29, 0.717) is 10.2 Å². The van der Waals surface area contributed by atoms with Crippen LogP contribution in [-0.4, -0.2) is 23.0 Å². The maximum atomic E-state index is 11.9. The highest BCUT2D eigenvalue weighted by molar-refractivity contribution is 9.10. The lowest BCUT2D eigenvalue weighted by Gasteiger charge is -2.18. The van der Waals surface area contributed by atoms with Crippen LogP contribution in [-0.2, 0) is 4.79 Å². The molecule has 0 aliphatic heterocycles. The molecule has 1 aromatic carbocycles. The number of hydrogen-bond acceptors (Lipinski definition) is 3. The van der Waals surface area contributed by atoms with Crippen LogP contribution in [0.3, 0.4) is 0 Å². The summed E-state index contributed by atoms with van der Waals surface area (Å²) in [5, 5.41) is 11.6. The van der Waals surface area contributed by atoms with Gasteiger partial charge in [-0.3, -0.25) is 4.79 Å². The molecule has 0 aliphatic rings. The van der Waals surface area contributed by atoms with Gasteiger partial charge in [0.25, 0.3) is 0 Å². The summed E-state index contributed by atoms with van der Waals surface area (Å²) >= 11 is 3.14. The number of nitrogens with one attached hydrogen (secondary N) is 1. The maximum Gasteiger partial charge on any atom is 0.336 e. The second-order valence-corrected chi connectivity index (χ2v) is 5.25. The van der Waals surface area contributed by atoms with Gasteiger partial charge in [0, 0.05) is 10.2 Å². The minimum Gasteiger partial charge on any atom is -0.478 e. The van der Waals surface area contributed by atoms with E-state index in [1.807, 2.05) is 13.8 Å². The van der Waals surface area contributed by atoms with Gasteiger partial charge >= 0.3 is 5.97 Å². The molecule has 5 nitrogen and oxygen atoms in total. The Balaban J connectivity index is 2.86. The van der Waals surface area contributed by atoms with Crippen LogP contribution in [0.25, 0.3) is 0 Å². The van der Waals surface area contributed by atoms with E-state index in [2.05, 4.69) is 21.2 Å². The summed E-state index contributed by atoms with van der Waals surface area (Å²) in [6.45, 7) is 3.86. The Morgan fingerprint density at radius 1 is 1.47 bits per heavy atom. The van der Waals surface area contributed by atoms with Gasteiger partial charge in [0.2, 0.25) is 5.91 Å². The number of halogens is 1. The number of carbonyl (C=O) groups is 2. The Hall–Kier alpha value is -1.40. The van der Waals surface area contributed by atoms with Gasteiger partial charge < -0.3 is 16.2 Å². The highest BCUT2D eigenvalue weighted by Crippen LogP contribution is 2.21. The van der Waals surface area contributed by atoms with Crippen LogP contribution in [0, 0.1) is 5.92 Å². The molecule has 0 radical (unpaired) electrons. The molecular formula is C13H17BrN2O3. The summed E-state index contributed by atoms with van der Waals surface area (Å²) < 4.78 is 0.462. The Morgan fingerprint density at radius 2 is 2.11 bits per heavy atom. The van der Waals surface area contributed by atoms with Crippen LogP contribution in [0.1, 0.15) is 30.6 Å². The number of carboxylic acid groups (broad SMARTS) is 1. The van der Waals surface area contributed by atoms with Crippen molar-refractivity contribution in [2.75, 3.05) is 5.32 Å². The molecule has 0 heterocycles. The number of benzene rings is 1. The molecule has 0 fully saturated rings. The minimum absolute atomic E-state index is 0.0643. The van der Waals surface area contributed by atoms with Crippen molar-refractivity contribution in [3.8, 4) is 0 Å². The molecule has 6 heteroatoms. The van der Waals surface area contributed by atoms with Crippen molar-refractivity contribution in [3.63, 3.8) is 0 Å². The molecule has 0 spiro atoms. The van der Waals surface area contributed by atoms with Crippen molar-refractivity contribution < 1.29 is 14.7 Å². The highest BCUT2D eigenvalue weighted by atomic mass is 79.9. The van der Waals surface area contributed by atoms with Gasteiger partial charge in [0.05, 0.1) is 11.6 Å². The molecule has 0 saturated carbocycles. The number of hydrogen-bond donors (Lipinski definition) is 3. The monoisotopic (exact) mass is 328 g/mol. The van der Waals surface area contributed by atoms with Crippen LogP contribution in [0.5, 0.6) is 0 Å². The zero-order chi connectivity index (χ0) is 14.6. The molecule has 4 N–H and O–H groups in total. The van der Waals surface area contributed by atoms with Gasteiger partial charge in [-0.1, -0.05) is 20.3 Å². The SMILES string of the molecule is CC[C@H](C)[C@H](N)C(=O)Nc1ccc(Br)c(C(=O)O)c1. The topological polar surface area (TPSA) is 92.4 Å². The van der Waals surface area contributed by atoms with Crippen LogP contribution in [0.4, 0.5) is 5.69 Å². The van der Waals surface area contributed by atoms with E-state index in [-0.39, 0.29) is 17.4 Å². The Kier molecular flexibility index (Phi) is 5.50. The summed E-state index contributed by atoms with van der Waals surface area (Å²) in [7, 11) is 0. The normalized spacial score (nSPS) is 13.7. The summed E-state index contributed by atoms with van der Waals surface area (Å²) in [5.74, 6) is -1.31. The van der Waals surface area contributed by atoms with Crippen LogP contribution in [0.15, 0.2) is 22.7 Å². The summed E-state index contributed by atoms with van der Waals surface area (Å²) in [6.07, 6.45) is 0.801. The molecule has 19 heavy (non-hydrogen) atoms. The lowest BCUT2D eigenvalue weighted by molar-refractivity contribution is -0.118. The van der Waals surface area contributed by atoms with Gasteiger partial charge in [-0.25, -0.2) is 4.79 Å². The first-order chi connectivity index (χ1) is 8.86. The fraction of sp³-hybridized carbons (Fsp3) is 0.385. The summed E-state index contributed by atoms with van der Waals surface area (Å²) in [5.41, 5.74) is 6.32. The van der Waals surface area contributed by atoms with Crippen LogP contribution in [0.2, 0.25) is 0 Å². The number of aromatic carboxylic acids is 1. The number of rotatable bonds is 5. The van der Waals surface area contributed by atoms with Gasteiger partial charge in [0.1, 0.15) is 0 Å². The van der Waals surface area contributed by atoms with Gasteiger partial charge in [0.15, 0.2) is 0 Å². The largest absolute Gasteiger partial charge is 0.478 e. The number of nitrogens with two attached hydrogens (primary N) is 1.